The minimum absolute atomic E-state index is 0.0751. The second-order valence-corrected chi connectivity index (χ2v) is 4.39. The molecule has 6 heteroatoms. The molecule has 0 heterocycles. The third-order valence-corrected chi connectivity index (χ3v) is 2.92. The molecular weight excluding hydrogens is 275 g/mol. The lowest BCUT2D eigenvalue weighted by Gasteiger charge is -2.15. The van der Waals surface area contributed by atoms with E-state index in [9.17, 15) is 19.1 Å². The van der Waals surface area contributed by atoms with Crippen LogP contribution in [-0.4, -0.2) is 17.0 Å². The van der Waals surface area contributed by atoms with Gasteiger partial charge >= 0.3 is 5.97 Å². The molecular formula is C15H13FN2O3. The third-order valence-electron chi connectivity index (χ3n) is 2.92. The number of benzene rings is 2. The van der Waals surface area contributed by atoms with Gasteiger partial charge in [-0.2, -0.15) is 0 Å². The summed E-state index contributed by atoms with van der Waals surface area (Å²) in [5, 5.41) is 11.6. The van der Waals surface area contributed by atoms with Gasteiger partial charge in [0.25, 0.3) is 5.91 Å². The highest BCUT2D eigenvalue weighted by atomic mass is 19.1. The van der Waals surface area contributed by atoms with Gasteiger partial charge in [0.15, 0.2) is 6.04 Å². The lowest BCUT2D eigenvalue weighted by atomic mass is 10.1. The monoisotopic (exact) mass is 288 g/mol. The number of rotatable bonds is 4. The summed E-state index contributed by atoms with van der Waals surface area (Å²) < 4.78 is 13.2. The van der Waals surface area contributed by atoms with Crippen molar-refractivity contribution in [3.63, 3.8) is 0 Å². The Morgan fingerprint density at radius 3 is 2.43 bits per heavy atom. The van der Waals surface area contributed by atoms with Crippen molar-refractivity contribution in [1.29, 1.82) is 0 Å². The van der Waals surface area contributed by atoms with Gasteiger partial charge in [-0.05, 0) is 23.8 Å². The number of carboxylic acid groups (broad SMARTS) is 1. The van der Waals surface area contributed by atoms with Crippen molar-refractivity contribution in [2.75, 3.05) is 5.73 Å². The largest absolute Gasteiger partial charge is 0.479 e. The van der Waals surface area contributed by atoms with Crippen LogP contribution in [0.4, 0.5) is 10.1 Å². The molecule has 0 fully saturated rings. The van der Waals surface area contributed by atoms with Gasteiger partial charge in [0.2, 0.25) is 0 Å². The summed E-state index contributed by atoms with van der Waals surface area (Å²) in [7, 11) is 0. The zero-order chi connectivity index (χ0) is 15.4. The average molecular weight is 288 g/mol. The molecule has 2 aromatic carbocycles. The van der Waals surface area contributed by atoms with Crippen LogP contribution >= 0.6 is 0 Å². The first-order valence-electron chi connectivity index (χ1n) is 6.12. The maximum absolute atomic E-state index is 13.2. The average Bonchev–Trinajstić information content (AvgIpc) is 2.47. The van der Waals surface area contributed by atoms with E-state index in [1.807, 2.05) is 0 Å². The minimum atomic E-state index is -1.23. The summed E-state index contributed by atoms with van der Waals surface area (Å²) in [6.45, 7) is 0. The molecule has 2 rings (SSSR count). The van der Waals surface area contributed by atoms with E-state index < -0.39 is 23.7 Å². The molecule has 21 heavy (non-hydrogen) atoms. The molecule has 0 radical (unpaired) electrons. The molecule has 0 spiro atoms. The second kappa shape index (κ2) is 6.04. The summed E-state index contributed by atoms with van der Waals surface area (Å²) in [5.41, 5.74) is 5.99. The van der Waals surface area contributed by atoms with Crippen LogP contribution in [0.15, 0.2) is 48.5 Å². The van der Waals surface area contributed by atoms with E-state index in [0.29, 0.717) is 5.56 Å². The topological polar surface area (TPSA) is 92.4 Å². The van der Waals surface area contributed by atoms with Gasteiger partial charge < -0.3 is 16.2 Å². The molecule has 1 amide bonds. The highest BCUT2D eigenvalue weighted by Crippen LogP contribution is 2.17. The first kappa shape index (κ1) is 14.5. The summed E-state index contributed by atoms with van der Waals surface area (Å²) >= 11 is 0. The predicted octanol–water partition coefficient (Wildman–Crippen LogP) is 1.96. The zero-order valence-electron chi connectivity index (χ0n) is 10.9. The Balaban J connectivity index is 2.27. The summed E-state index contributed by atoms with van der Waals surface area (Å²) in [5.74, 6) is -2.59. The molecule has 0 saturated heterocycles. The smallest absolute Gasteiger partial charge is 0.330 e. The SMILES string of the molecule is Nc1ccc(F)cc1C(=O)N[C@@H](C(=O)O)c1ccccc1. The number of carbonyl (C=O) groups is 2. The molecule has 0 unspecified atom stereocenters. The van der Waals surface area contributed by atoms with Crippen LogP contribution in [-0.2, 0) is 4.79 Å². The van der Waals surface area contributed by atoms with Crippen molar-refractivity contribution < 1.29 is 19.1 Å². The summed E-state index contributed by atoms with van der Waals surface area (Å²) in [6.07, 6.45) is 0. The van der Waals surface area contributed by atoms with Crippen LogP contribution in [0.25, 0.3) is 0 Å². The van der Waals surface area contributed by atoms with Crippen molar-refractivity contribution in [1.82, 2.24) is 5.32 Å². The van der Waals surface area contributed by atoms with Crippen LogP contribution in [0.1, 0.15) is 22.0 Å². The number of aliphatic carboxylic acids is 1. The van der Waals surface area contributed by atoms with E-state index >= 15 is 0 Å². The van der Waals surface area contributed by atoms with Crippen molar-refractivity contribution >= 4 is 17.6 Å². The number of nitrogen functional groups attached to an aromatic ring is 1. The number of amides is 1. The standard InChI is InChI=1S/C15H13FN2O3/c16-10-6-7-12(17)11(8-10)14(19)18-13(15(20)21)9-4-2-1-3-5-9/h1-8,13H,17H2,(H,18,19)(H,20,21)/t13-/m1/s1. The predicted molar refractivity (Wildman–Crippen MR) is 75.1 cm³/mol. The normalized spacial score (nSPS) is 11.7. The highest BCUT2D eigenvalue weighted by Gasteiger charge is 2.23. The molecule has 2 aromatic rings. The van der Waals surface area contributed by atoms with Gasteiger partial charge in [-0.3, -0.25) is 4.79 Å². The first-order valence-corrected chi connectivity index (χ1v) is 6.12. The Morgan fingerprint density at radius 2 is 1.81 bits per heavy atom. The third kappa shape index (κ3) is 3.36. The van der Waals surface area contributed by atoms with E-state index in [1.165, 1.54) is 6.07 Å². The lowest BCUT2D eigenvalue weighted by Crippen LogP contribution is -2.34. The van der Waals surface area contributed by atoms with E-state index in [0.717, 1.165) is 12.1 Å². The quantitative estimate of drug-likeness (QED) is 0.750. The first-order chi connectivity index (χ1) is 9.99. The molecule has 0 saturated carbocycles. The number of carbonyl (C=O) groups excluding carboxylic acids is 1. The van der Waals surface area contributed by atoms with Crippen LogP contribution < -0.4 is 11.1 Å². The Bertz CT molecular complexity index is 674. The van der Waals surface area contributed by atoms with Crippen molar-refractivity contribution in [3.05, 3.63) is 65.5 Å². The number of anilines is 1. The van der Waals surface area contributed by atoms with E-state index in [2.05, 4.69) is 5.32 Å². The maximum atomic E-state index is 13.2. The van der Waals surface area contributed by atoms with E-state index in [-0.39, 0.29) is 11.3 Å². The Morgan fingerprint density at radius 1 is 1.14 bits per heavy atom. The zero-order valence-corrected chi connectivity index (χ0v) is 10.9. The molecule has 1 atom stereocenters. The van der Waals surface area contributed by atoms with Gasteiger partial charge in [0.1, 0.15) is 5.82 Å². The van der Waals surface area contributed by atoms with Crippen molar-refractivity contribution in [2.24, 2.45) is 0 Å². The van der Waals surface area contributed by atoms with Crippen LogP contribution in [0, 0.1) is 5.82 Å². The highest BCUT2D eigenvalue weighted by molar-refractivity contribution is 6.01. The van der Waals surface area contributed by atoms with Gasteiger partial charge in [0.05, 0.1) is 5.56 Å². The van der Waals surface area contributed by atoms with Crippen LogP contribution in [0.2, 0.25) is 0 Å². The number of halogens is 1. The maximum Gasteiger partial charge on any atom is 0.330 e. The van der Waals surface area contributed by atoms with Gasteiger partial charge in [-0.25, -0.2) is 9.18 Å². The van der Waals surface area contributed by atoms with E-state index in [4.69, 9.17) is 5.73 Å². The molecule has 0 aliphatic heterocycles. The molecule has 0 aromatic heterocycles. The molecule has 0 aliphatic rings. The number of nitrogens with two attached hydrogens (primary N) is 1. The lowest BCUT2D eigenvalue weighted by molar-refractivity contribution is -0.139. The molecule has 4 N–H and O–H groups in total. The number of carboxylic acids is 1. The Hall–Kier alpha value is -2.89. The van der Waals surface area contributed by atoms with Gasteiger partial charge in [0, 0.05) is 5.69 Å². The molecule has 0 bridgehead atoms. The number of nitrogens with one attached hydrogen (secondary N) is 1. The van der Waals surface area contributed by atoms with Crippen molar-refractivity contribution in [2.45, 2.75) is 6.04 Å². The van der Waals surface area contributed by atoms with Gasteiger partial charge in [-0.1, -0.05) is 30.3 Å². The Kier molecular flexibility index (Phi) is 4.18. The van der Waals surface area contributed by atoms with Gasteiger partial charge in [-0.15, -0.1) is 0 Å². The fourth-order valence-corrected chi connectivity index (χ4v) is 1.87. The molecule has 5 nitrogen and oxygen atoms in total. The number of hydrogen-bond acceptors (Lipinski definition) is 3. The fraction of sp³-hybridized carbons (Fsp3) is 0.0667. The summed E-state index contributed by atoms with van der Waals surface area (Å²) in [6, 6.07) is 10.3. The number of hydrogen-bond donors (Lipinski definition) is 3. The summed E-state index contributed by atoms with van der Waals surface area (Å²) in [4.78, 5) is 23.4. The van der Waals surface area contributed by atoms with Crippen molar-refractivity contribution in [3.8, 4) is 0 Å². The van der Waals surface area contributed by atoms with E-state index in [1.54, 1.807) is 30.3 Å². The minimum Gasteiger partial charge on any atom is -0.479 e. The second-order valence-electron chi connectivity index (χ2n) is 4.39. The molecule has 108 valence electrons. The van der Waals surface area contributed by atoms with Crippen LogP contribution in [0.5, 0.6) is 0 Å². The fourth-order valence-electron chi connectivity index (χ4n) is 1.87. The Labute approximate surface area is 120 Å². The molecule has 0 aliphatic carbocycles. The van der Waals surface area contributed by atoms with Crippen LogP contribution in [0.3, 0.4) is 0 Å².